The molecular formula is C12H17N3O4S. The highest BCUT2D eigenvalue weighted by Crippen LogP contribution is 2.26. The summed E-state index contributed by atoms with van der Waals surface area (Å²) in [6.45, 7) is 2.80. The summed E-state index contributed by atoms with van der Waals surface area (Å²) < 4.78 is 9.04. The van der Waals surface area contributed by atoms with Crippen molar-refractivity contribution in [2.75, 3.05) is 13.2 Å². The van der Waals surface area contributed by atoms with Gasteiger partial charge < -0.3 is 15.2 Å². The lowest BCUT2D eigenvalue weighted by molar-refractivity contribution is -0.139. The maximum atomic E-state index is 12.3. The summed E-state index contributed by atoms with van der Waals surface area (Å²) in [7, 11) is 0. The zero-order valence-corrected chi connectivity index (χ0v) is 12.0. The van der Waals surface area contributed by atoms with E-state index in [0.29, 0.717) is 43.0 Å². The summed E-state index contributed by atoms with van der Waals surface area (Å²) in [6, 6.07) is 0. The maximum absolute atomic E-state index is 12.3. The minimum Gasteiger partial charge on any atom is -0.481 e. The van der Waals surface area contributed by atoms with Crippen molar-refractivity contribution in [3.8, 4) is 0 Å². The van der Waals surface area contributed by atoms with Gasteiger partial charge in [0.05, 0.1) is 17.7 Å². The summed E-state index contributed by atoms with van der Waals surface area (Å²) in [6.07, 6.45) is 1.52. The number of nitrogens with zero attached hydrogens (tertiary/aromatic N) is 2. The molecule has 7 nitrogen and oxygen atoms in total. The molecule has 1 aliphatic heterocycles. The first-order chi connectivity index (χ1) is 9.56. The van der Waals surface area contributed by atoms with Gasteiger partial charge in [0.1, 0.15) is 4.88 Å². The summed E-state index contributed by atoms with van der Waals surface area (Å²) in [5.41, 5.74) is -0.0964. The maximum Gasteiger partial charge on any atom is 0.305 e. The number of aromatic nitrogens is 2. The molecular weight excluding hydrogens is 282 g/mol. The Bertz CT molecular complexity index is 497. The van der Waals surface area contributed by atoms with Gasteiger partial charge in [0.25, 0.3) is 5.91 Å². The number of nitrogens with one attached hydrogen (secondary N) is 1. The minimum atomic E-state index is -0.926. The fourth-order valence-electron chi connectivity index (χ4n) is 2.31. The second kappa shape index (κ2) is 6.27. The number of hydrogen-bond acceptors (Lipinski definition) is 6. The molecule has 1 aromatic rings. The molecule has 0 atom stereocenters. The first-order valence-corrected chi connectivity index (χ1v) is 7.27. The number of amides is 1. The number of ether oxygens (including phenoxy) is 1. The molecule has 0 unspecified atom stereocenters. The second-order valence-corrected chi connectivity index (χ2v) is 5.57. The summed E-state index contributed by atoms with van der Waals surface area (Å²) in [4.78, 5) is 23.8. The lowest BCUT2D eigenvalue weighted by atomic mass is 9.86. The van der Waals surface area contributed by atoms with Gasteiger partial charge in [-0.15, -0.1) is 5.10 Å². The quantitative estimate of drug-likeness (QED) is 0.836. The Labute approximate surface area is 120 Å². The monoisotopic (exact) mass is 299 g/mol. The molecule has 0 bridgehead atoms. The Balaban J connectivity index is 2.15. The van der Waals surface area contributed by atoms with E-state index in [1.54, 1.807) is 0 Å². The number of aryl methyl sites for hydroxylation is 1. The molecule has 1 amide bonds. The predicted molar refractivity (Wildman–Crippen MR) is 71.8 cm³/mol. The highest BCUT2D eigenvalue weighted by Gasteiger charge is 2.37. The van der Waals surface area contributed by atoms with E-state index >= 15 is 0 Å². The molecule has 0 spiro atoms. The lowest BCUT2D eigenvalue weighted by Crippen LogP contribution is -2.53. The number of rotatable bonds is 5. The third-order valence-corrected chi connectivity index (χ3v) is 4.18. The smallest absolute Gasteiger partial charge is 0.305 e. The molecule has 8 heteroatoms. The van der Waals surface area contributed by atoms with Crippen LogP contribution in [0.5, 0.6) is 0 Å². The average Bonchev–Trinajstić information content (AvgIpc) is 2.87. The van der Waals surface area contributed by atoms with Crippen molar-refractivity contribution in [1.82, 2.24) is 14.9 Å². The molecule has 0 radical (unpaired) electrons. The largest absolute Gasteiger partial charge is 0.481 e. The van der Waals surface area contributed by atoms with Crippen LogP contribution >= 0.6 is 11.5 Å². The van der Waals surface area contributed by atoms with E-state index in [-0.39, 0.29) is 12.3 Å². The molecule has 2 heterocycles. The zero-order chi connectivity index (χ0) is 14.6. The SMILES string of the molecule is CCc1nnsc1C(=O)NC1(CC(=O)O)CCOCC1. The van der Waals surface area contributed by atoms with Gasteiger partial charge in [0.15, 0.2) is 0 Å². The first kappa shape index (κ1) is 14.9. The van der Waals surface area contributed by atoms with Crippen molar-refractivity contribution in [1.29, 1.82) is 0 Å². The zero-order valence-electron chi connectivity index (χ0n) is 11.2. The number of aliphatic carboxylic acids is 1. The number of carbonyl (C=O) groups excluding carboxylic acids is 1. The molecule has 110 valence electrons. The van der Waals surface area contributed by atoms with Crippen molar-refractivity contribution in [2.45, 2.75) is 38.1 Å². The molecule has 1 aromatic heterocycles. The average molecular weight is 299 g/mol. The molecule has 0 aromatic carbocycles. The third kappa shape index (κ3) is 3.31. The normalized spacial score (nSPS) is 17.6. The minimum absolute atomic E-state index is 0.101. The van der Waals surface area contributed by atoms with E-state index in [1.807, 2.05) is 6.92 Å². The van der Waals surface area contributed by atoms with Crippen LogP contribution < -0.4 is 5.32 Å². The Hall–Kier alpha value is -1.54. The molecule has 1 fully saturated rings. The van der Waals surface area contributed by atoms with Crippen molar-refractivity contribution < 1.29 is 19.4 Å². The Morgan fingerprint density at radius 3 is 2.75 bits per heavy atom. The van der Waals surface area contributed by atoms with Crippen molar-refractivity contribution >= 4 is 23.4 Å². The van der Waals surface area contributed by atoms with E-state index in [9.17, 15) is 9.59 Å². The van der Waals surface area contributed by atoms with Crippen LogP contribution in [0, 0.1) is 0 Å². The number of carbonyl (C=O) groups is 2. The number of carboxylic acid groups (broad SMARTS) is 1. The van der Waals surface area contributed by atoms with Crippen LogP contribution in [0.2, 0.25) is 0 Å². The topological polar surface area (TPSA) is 101 Å². The number of carboxylic acids is 1. The van der Waals surface area contributed by atoms with Gasteiger partial charge in [-0.05, 0) is 30.8 Å². The van der Waals surface area contributed by atoms with E-state index in [4.69, 9.17) is 9.84 Å². The van der Waals surface area contributed by atoms with E-state index in [1.165, 1.54) is 0 Å². The van der Waals surface area contributed by atoms with Crippen molar-refractivity contribution in [3.63, 3.8) is 0 Å². The predicted octanol–water partition coefficient (Wildman–Crippen LogP) is 0.854. The Kier molecular flexibility index (Phi) is 4.66. The van der Waals surface area contributed by atoms with E-state index in [2.05, 4.69) is 14.9 Å². The fraction of sp³-hybridized carbons (Fsp3) is 0.667. The molecule has 0 aliphatic carbocycles. The van der Waals surface area contributed by atoms with E-state index in [0.717, 1.165) is 11.5 Å². The fourth-order valence-corrected chi connectivity index (χ4v) is 2.95. The number of hydrogen-bond donors (Lipinski definition) is 2. The summed E-state index contributed by atoms with van der Waals surface area (Å²) >= 11 is 1.04. The molecule has 1 aliphatic rings. The highest BCUT2D eigenvalue weighted by atomic mass is 32.1. The van der Waals surface area contributed by atoms with Crippen LogP contribution in [-0.4, -0.2) is 45.3 Å². The Morgan fingerprint density at radius 2 is 2.15 bits per heavy atom. The standard InChI is InChI=1S/C12H17N3O4S/c1-2-8-10(20-15-14-8)11(18)13-12(7-9(16)17)3-5-19-6-4-12/h2-7H2,1H3,(H,13,18)(H,16,17). The molecule has 2 N–H and O–H groups in total. The lowest BCUT2D eigenvalue weighted by Gasteiger charge is -2.36. The van der Waals surface area contributed by atoms with Gasteiger partial charge in [-0.2, -0.15) is 0 Å². The molecule has 1 saturated heterocycles. The van der Waals surface area contributed by atoms with Gasteiger partial charge in [-0.3, -0.25) is 9.59 Å². The Morgan fingerprint density at radius 1 is 1.45 bits per heavy atom. The van der Waals surface area contributed by atoms with Crippen LogP contribution in [0.1, 0.15) is 41.6 Å². The van der Waals surface area contributed by atoms with Crippen molar-refractivity contribution in [2.24, 2.45) is 0 Å². The molecule has 20 heavy (non-hydrogen) atoms. The van der Waals surface area contributed by atoms with Gasteiger partial charge in [0.2, 0.25) is 0 Å². The first-order valence-electron chi connectivity index (χ1n) is 6.49. The summed E-state index contributed by atoms with van der Waals surface area (Å²) in [5.74, 6) is -1.22. The second-order valence-electron chi connectivity index (χ2n) is 4.82. The van der Waals surface area contributed by atoms with Crippen LogP contribution in [-0.2, 0) is 16.0 Å². The molecule has 0 saturated carbocycles. The van der Waals surface area contributed by atoms with Crippen molar-refractivity contribution in [3.05, 3.63) is 10.6 Å². The van der Waals surface area contributed by atoms with Crippen LogP contribution in [0.25, 0.3) is 0 Å². The van der Waals surface area contributed by atoms with Gasteiger partial charge >= 0.3 is 5.97 Å². The van der Waals surface area contributed by atoms with Gasteiger partial charge in [-0.25, -0.2) is 0 Å². The van der Waals surface area contributed by atoms with Crippen LogP contribution in [0.4, 0.5) is 0 Å². The van der Waals surface area contributed by atoms with Gasteiger partial charge in [0, 0.05) is 13.2 Å². The third-order valence-electron chi connectivity index (χ3n) is 3.42. The van der Waals surface area contributed by atoms with Gasteiger partial charge in [-0.1, -0.05) is 11.4 Å². The highest BCUT2D eigenvalue weighted by molar-refractivity contribution is 7.08. The van der Waals surface area contributed by atoms with Crippen LogP contribution in [0.3, 0.4) is 0 Å². The van der Waals surface area contributed by atoms with E-state index < -0.39 is 11.5 Å². The summed E-state index contributed by atoms with van der Waals surface area (Å²) in [5, 5.41) is 15.8. The van der Waals surface area contributed by atoms with Crippen LogP contribution in [0.15, 0.2) is 0 Å². The molecule has 2 rings (SSSR count).